The van der Waals surface area contributed by atoms with Gasteiger partial charge >= 0.3 is 0 Å². The van der Waals surface area contributed by atoms with E-state index < -0.39 is 48.0 Å². The zero-order valence-corrected chi connectivity index (χ0v) is 16.3. The van der Waals surface area contributed by atoms with Crippen LogP contribution in [0.2, 0.25) is 0 Å². The van der Waals surface area contributed by atoms with E-state index in [1.54, 1.807) is 0 Å². The summed E-state index contributed by atoms with van der Waals surface area (Å²) in [6.07, 6.45) is 1.80. The Balaban J connectivity index is 2.92. The van der Waals surface area contributed by atoms with Gasteiger partial charge in [-0.05, 0) is 38.3 Å². The third-order valence-corrected chi connectivity index (χ3v) is 4.45. The molecule has 0 radical (unpaired) electrons. The maximum absolute atomic E-state index is 12.8. The number of carbonyl (C=O) groups excluding carboxylic acids is 5. The molecule has 5 amide bonds. The van der Waals surface area contributed by atoms with E-state index in [4.69, 9.17) is 11.5 Å². The number of nitrogens with zero attached hydrogens (tertiary/aromatic N) is 1. The molecular weight excluding hydrogens is 368 g/mol. The van der Waals surface area contributed by atoms with E-state index in [9.17, 15) is 24.0 Å². The number of piperidine rings is 1. The third-order valence-electron chi connectivity index (χ3n) is 4.45. The Morgan fingerprint density at radius 1 is 1.11 bits per heavy atom. The maximum atomic E-state index is 12.8. The average Bonchev–Trinajstić information content (AvgIpc) is 2.59. The molecule has 3 atom stereocenters. The van der Waals surface area contributed by atoms with Gasteiger partial charge in [0.15, 0.2) is 0 Å². The first kappa shape index (κ1) is 23.3. The first-order valence-corrected chi connectivity index (χ1v) is 9.20. The molecule has 0 aromatic heterocycles. The van der Waals surface area contributed by atoms with Crippen molar-refractivity contribution >= 4 is 29.5 Å². The van der Waals surface area contributed by atoms with Gasteiger partial charge in [0.05, 0.1) is 13.0 Å². The molecule has 1 saturated heterocycles. The summed E-state index contributed by atoms with van der Waals surface area (Å²) in [6, 6.07) is -2.11. The summed E-state index contributed by atoms with van der Waals surface area (Å²) >= 11 is 0. The standard InChI is InChI=1S/C17H30N6O5/c1-10(24)21-12(7-14(18)25)16(27)22-13(6-11-4-3-5-20-8-11)17(28)23(2)9-15(19)26/h11-13,20H,3-9H2,1-2H3,(H2,18,25)(H2,19,26)(H,21,24)(H,22,27)/t11?,12-,13-/m0/s1. The van der Waals surface area contributed by atoms with Gasteiger partial charge in [-0.25, -0.2) is 0 Å². The van der Waals surface area contributed by atoms with Gasteiger partial charge in [-0.15, -0.1) is 0 Å². The van der Waals surface area contributed by atoms with Crippen LogP contribution >= 0.6 is 0 Å². The molecule has 1 unspecified atom stereocenters. The molecule has 1 heterocycles. The van der Waals surface area contributed by atoms with E-state index in [1.165, 1.54) is 14.0 Å². The average molecular weight is 398 g/mol. The van der Waals surface area contributed by atoms with Gasteiger partial charge in [-0.1, -0.05) is 0 Å². The summed E-state index contributed by atoms with van der Waals surface area (Å²) in [6.45, 7) is 2.52. The zero-order chi connectivity index (χ0) is 21.3. The largest absolute Gasteiger partial charge is 0.370 e. The first-order chi connectivity index (χ1) is 13.1. The van der Waals surface area contributed by atoms with E-state index in [-0.39, 0.29) is 12.5 Å². The quantitative estimate of drug-likeness (QED) is 0.265. The lowest BCUT2D eigenvalue weighted by atomic mass is 9.91. The highest BCUT2D eigenvalue weighted by atomic mass is 16.2. The van der Waals surface area contributed by atoms with Crippen LogP contribution in [0.5, 0.6) is 0 Å². The second-order valence-electron chi connectivity index (χ2n) is 7.09. The molecule has 1 aliphatic heterocycles. The van der Waals surface area contributed by atoms with Gasteiger partial charge in [0.25, 0.3) is 0 Å². The van der Waals surface area contributed by atoms with E-state index in [1.807, 2.05) is 0 Å². The predicted molar refractivity (Wildman–Crippen MR) is 100 cm³/mol. The summed E-state index contributed by atoms with van der Waals surface area (Å²) in [4.78, 5) is 60.2. The Morgan fingerprint density at radius 2 is 1.79 bits per heavy atom. The molecule has 0 saturated carbocycles. The van der Waals surface area contributed by atoms with Crippen LogP contribution in [-0.2, 0) is 24.0 Å². The fraction of sp³-hybridized carbons (Fsp3) is 0.706. The summed E-state index contributed by atoms with van der Waals surface area (Å²) < 4.78 is 0. The predicted octanol–water partition coefficient (Wildman–Crippen LogP) is -2.82. The Kier molecular flexibility index (Phi) is 9.36. The molecule has 1 rings (SSSR count). The molecule has 11 nitrogen and oxygen atoms in total. The van der Waals surface area contributed by atoms with Gasteiger partial charge in [-0.3, -0.25) is 24.0 Å². The van der Waals surface area contributed by atoms with Crippen molar-refractivity contribution in [2.75, 3.05) is 26.7 Å². The fourth-order valence-corrected chi connectivity index (χ4v) is 3.19. The zero-order valence-electron chi connectivity index (χ0n) is 16.3. The monoisotopic (exact) mass is 398 g/mol. The number of nitrogens with two attached hydrogens (primary N) is 2. The molecule has 11 heteroatoms. The van der Waals surface area contributed by atoms with Crippen LogP contribution in [0.4, 0.5) is 0 Å². The molecule has 0 bridgehead atoms. The highest BCUT2D eigenvalue weighted by Gasteiger charge is 2.31. The SMILES string of the molecule is CC(=O)N[C@@H](CC(N)=O)C(=O)N[C@@H](CC1CCCNC1)C(=O)N(C)CC(N)=O. The number of amides is 5. The van der Waals surface area contributed by atoms with E-state index in [2.05, 4.69) is 16.0 Å². The van der Waals surface area contributed by atoms with Crippen LogP contribution in [0.25, 0.3) is 0 Å². The normalized spacial score (nSPS) is 18.4. The number of nitrogens with one attached hydrogen (secondary N) is 3. The Labute approximate surface area is 163 Å². The van der Waals surface area contributed by atoms with Gasteiger partial charge in [0, 0.05) is 14.0 Å². The van der Waals surface area contributed by atoms with Crippen molar-refractivity contribution in [2.45, 2.75) is 44.7 Å². The van der Waals surface area contributed by atoms with Crippen molar-refractivity contribution in [3.63, 3.8) is 0 Å². The van der Waals surface area contributed by atoms with Crippen LogP contribution in [0.1, 0.15) is 32.6 Å². The van der Waals surface area contributed by atoms with Crippen LogP contribution in [0, 0.1) is 5.92 Å². The summed E-state index contributed by atoms with van der Waals surface area (Å²) in [5.41, 5.74) is 10.3. The lowest BCUT2D eigenvalue weighted by Crippen LogP contribution is -2.56. The summed E-state index contributed by atoms with van der Waals surface area (Å²) in [7, 11) is 1.42. The topological polar surface area (TPSA) is 177 Å². The lowest BCUT2D eigenvalue weighted by molar-refractivity contribution is -0.139. The first-order valence-electron chi connectivity index (χ1n) is 9.20. The Bertz CT molecular complexity index is 589. The van der Waals surface area contributed by atoms with Gasteiger partial charge in [0.1, 0.15) is 12.1 Å². The van der Waals surface area contributed by atoms with Crippen molar-refractivity contribution in [3.8, 4) is 0 Å². The second-order valence-corrected chi connectivity index (χ2v) is 7.09. The number of primary amides is 2. The van der Waals surface area contributed by atoms with Crippen LogP contribution < -0.4 is 27.4 Å². The second kappa shape index (κ2) is 11.2. The van der Waals surface area contributed by atoms with Crippen LogP contribution in [0.15, 0.2) is 0 Å². The van der Waals surface area contributed by atoms with Crippen LogP contribution in [0.3, 0.4) is 0 Å². The molecule has 1 fully saturated rings. The molecule has 7 N–H and O–H groups in total. The minimum atomic E-state index is -1.18. The molecule has 0 aromatic carbocycles. The Morgan fingerprint density at radius 3 is 2.29 bits per heavy atom. The minimum absolute atomic E-state index is 0.153. The van der Waals surface area contributed by atoms with Gasteiger partial charge in [0.2, 0.25) is 29.5 Å². The van der Waals surface area contributed by atoms with Gasteiger partial charge in [-0.2, -0.15) is 0 Å². The molecule has 0 aliphatic carbocycles. The molecule has 0 aromatic rings. The number of hydrogen-bond donors (Lipinski definition) is 5. The van der Waals surface area contributed by atoms with Crippen LogP contribution in [-0.4, -0.2) is 73.2 Å². The van der Waals surface area contributed by atoms with E-state index >= 15 is 0 Å². The maximum Gasteiger partial charge on any atom is 0.245 e. The number of rotatable bonds is 10. The minimum Gasteiger partial charge on any atom is -0.370 e. The number of likely N-dealkylation sites (N-methyl/N-ethyl adjacent to an activating group) is 1. The van der Waals surface area contributed by atoms with E-state index in [0.29, 0.717) is 13.0 Å². The van der Waals surface area contributed by atoms with E-state index in [0.717, 1.165) is 24.3 Å². The molecular formula is C17H30N6O5. The fourth-order valence-electron chi connectivity index (χ4n) is 3.19. The highest BCUT2D eigenvalue weighted by Crippen LogP contribution is 2.17. The summed E-state index contributed by atoms with van der Waals surface area (Å²) in [5.74, 6) is -2.96. The van der Waals surface area contributed by atoms with Gasteiger partial charge < -0.3 is 32.3 Å². The van der Waals surface area contributed by atoms with Crippen molar-refractivity contribution in [2.24, 2.45) is 17.4 Å². The highest BCUT2D eigenvalue weighted by molar-refractivity contribution is 5.95. The molecule has 1 aliphatic rings. The van der Waals surface area contributed by atoms with Crippen molar-refractivity contribution in [1.82, 2.24) is 20.9 Å². The third kappa shape index (κ3) is 8.33. The molecule has 28 heavy (non-hydrogen) atoms. The van der Waals surface area contributed by atoms with Crippen molar-refractivity contribution in [1.29, 1.82) is 0 Å². The smallest absolute Gasteiger partial charge is 0.245 e. The lowest BCUT2D eigenvalue weighted by Gasteiger charge is -2.30. The number of hydrogen-bond acceptors (Lipinski definition) is 6. The molecule has 158 valence electrons. The van der Waals surface area contributed by atoms with Crippen molar-refractivity contribution in [3.05, 3.63) is 0 Å². The van der Waals surface area contributed by atoms with Crippen molar-refractivity contribution < 1.29 is 24.0 Å². The number of carbonyl (C=O) groups is 5. The Hall–Kier alpha value is -2.69. The molecule has 0 spiro atoms. The summed E-state index contributed by atoms with van der Waals surface area (Å²) in [5, 5.41) is 8.19.